The molecule has 2 fully saturated rings. The van der Waals surface area contributed by atoms with E-state index in [2.05, 4.69) is 13.0 Å². The third-order valence-electron chi connectivity index (χ3n) is 9.62. The predicted octanol–water partition coefficient (Wildman–Crippen LogP) is 6.50. The molecule has 0 spiro atoms. The number of rotatable bonds is 12. The van der Waals surface area contributed by atoms with Crippen LogP contribution in [0.2, 0.25) is 0 Å². The number of fused-ring (bicyclic) bond motifs is 5. The fraction of sp³-hybridized carbons (Fsp3) is 0.767. The molecule has 1 aromatic carbocycles. The van der Waals surface area contributed by atoms with Crippen LogP contribution in [0.15, 0.2) is 18.2 Å². The van der Waals surface area contributed by atoms with Crippen molar-refractivity contribution in [2.75, 3.05) is 12.9 Å². The molecule has 1 N–H and O–H groups in total. The Hall–Kier alpha value is -1.60. The summed E-state index contributed by atoms with van der Waals surface area (Å²) < 4.78 is 32.7. The van der Waals surface area contributed by atoms with Crippen molar-refractivity contribution in [1.82, 2.24) is 0 Å². The quantitative estimate of drug-likeness (QED) is 0.187. The molecule has 0 saturated heterocycles. The number of phenols is 1. The van der Waals surface area contributed by atoms with Crippen LogP contribution in [-0.4, -0.2) is 38.5 Å². The van der Waals surface area contributed by atoms with Gasteiger partial charge in [0.1, 0.15) is 11.9 Å². The van der Waals surface area contributed by atoms with Crippen molar-refractivity contribution in [3.05, 3.63) is 29.3 Å². The zero-order valence-electron chi connectivity index (χ0n) is 22.9. The summed E-state index contributed by atoms with van der Waals surface area (Å²) in [7, 11) is -3.32. The summed E-state index contributed by atoms with van der Waals surface area (Å²) in [6.45, 7) is 4.20. The molecule has 1 aromatic rings. The average molecular weight is 535 g/mol. The Balaban J connectivity index is 1.33. The first kappa shape index (κ1) is 28.4. The Morgan fingerprint density at radius 2 is 1.76 bits per heavy atom. The van der Waals surface area contributed by atoms with Gasteiger partial charge in [0.25, 0.3) is 10.1 Å². The third kappa shape index (κ3) is 6.89. The number of hydrogen-bond acceptors (Lipinski definition) is 6. The lowest BCUT2D eigenvalue weighted by Gasteiger charge is -2.53. The topological polar surface area (TPSA) is 89.9 Å². The van der Waals surface area contributed by atoms with E-state index in [1.165, 1.54) is 50.2 Å². The van der Waals surface area contributed by atoms with Gasteiger partial charge in [-0.2, -0.15) is 8.42 Å². The van der Waals surface area contributed by atoms with E-state index in [1.807, 2.05) is 12.1 Å². The molecule has 6 nitrogen and oxygen atoms in total. The Labute approximate surface area is 223 Å². The number of esters is 1. The van der Waals surface area contributed by atoms with Crippen LogP contribution in [0.1, 0.15) is 108 Å². The highest BCUT2D eigenvalue weighted by Gasteiger charge is 2.57. The molecule has 0 aromatic heterocycles. The van der Waals surface area contributed by atoms with Gasteiger partial charge in [-0.05, 0) is 91.9 Å². The van der Waals surface area contributed by atoms with Gasteiger partial charge in [-0.1, -0.05) is 51.5 Å². The van der Waals surface area contributed by atoms with Crippen LogP contribution in [0.3, 0.4) is 0 Å². The summed E-state index contributed by atoms with van der Waals surface area (Å²) in [5.74, 6) is 2.56. The Morgan fingerprint density at radius 3 is 2.46 bits per heavy atom. The Morgan fingerprint density at radius 1 is 1.05 bits per heavy atom. The fourth-order valence-electron chi connectivity index (χ4n) is 8.01. The highest BCUT2D eigenvalue weighted by Crippen LogP contribution is 2.63. The van der Waals surface area contributed by atoms with Crippen LogP contribution in [0, 0.1) is 23.2 Å². The number of carbonyl (C=O) groups is 1. The first-order chi connectivity index (χ1) is 17.6. The van der Waals surface area contributed by atoms with Gasteiger partial charge in [0.15, 0.2) is 0 Å². The molecule has 3 aliphatic carbocycles. The second-order valence-electron chi connectivity index (χ2n) is 12.1. The number of ether oxygens (including phenoxy) is 1. The molecule has 0 aliphatic heterocycles. The molecule has 0 bridgehead atoms. The lowest BCUT2D eigenvalue weighted by Crippen LogP contribution is -2.48. The van der Waals surface area contributed by atoms with Gasteiger partial charge in [-0.15, -0.1) is 0 Å². The lowest BCUT2D eigenvalue weighted by molar-refractivity contribution is -0.155. The van der Waals surface area contributed by atoms with Crippen LogP contribution in [0.4, 0.5) is 0 Å². The molecule has 0 radical (unpaired) electrons. The molecule has 0 amide bonds. The smallest absolute Gasteiger partial charge is 0.302 e. The Kier molecular flexibility index (Phi) is 9.26. The van der Waals surface area contributed by atoms with E-state index in [9.17, 15) is 18.3 Å². The van der Waals surface area contributed by atoms with Gasteiger partial charge >= 0.3 is 5.97 Å². The molecule has 3 unspecified atom stereocenters. The van der Waals surface area contributed by atoms with Crippen molar-refractivity contribution >= 4 is 16.1 Å². The summed E-state index contributed by atoms with van der Waals surface area (Å²) in [5.41, 5.74) is 2.85. The number of unbranched alkanes of at least 4 members (excludes halogenated alkanes) is 6. The van der Waals surface area contributed by atoms with Crippen LogP contribution < -0.4 is 0 Å². The predicted molar refractivity (Wildman–Crippen MR) is 145 cm³/mol. The summed E-state index contributed by atoms with van der Waals surface area (Å²) in [4.78, 5) is 11.8. The van der Waals surface area contributed by atoms with Gasteiger partial charge in [0.2, 0.25) is 0 Å². The van der Waals surface area contributed by atoms with Gasteiger partial charge in [0, 0.05) is 12.3 Å². The van der Waals surface area contributed by atoms with Crippen LogP contribution in [-0.2, 0) is 30.3 Å². The number of hydrogen-bond donors (Lipinski definition) is 1. The molecule has 4 rings (SSSR count). The normalized spacial score (nSPS) is 30.8. The largest absolute Gasteiger partial charge is 0.508 e. The zero-order valence-corrected chi connectivity index (χ0v) is 23.7. The monoisotopic (exact) mass is 534 g/mol. The van der Waals surface area contributed by atoms with Gasteiger partial charge in [-0.3, -0.25) is 8.98 Å². The van der Waals surface area contributed by atoms with E-state index in [4.69, 9.17) is 8.92 Å². The van der Waals surface area contributed by atoms with E-state index in [1.54, 1.807) is 0 Å². The van der Waals surface area contributed by atoms with Crippen molar-refractivity contribution in [2.24, 2.45) is 23.2 Å². The maximum Gasteiger partial charge on any atom is 0.302 e. The maximum atomic E-state index is 11.8. The minimum atomic E-state index is -3.32. The fourth-order valence-corrected chi connectivity index (χ4v) is 8.43. The molecule has 208 valence electrons. The first-order valence-corrected chi connectivity index (χ1v) is 16.2. The summed E-state index contributed by atoms with van der Waals surface area (Å²) >= 11 is 0. The molecular weight excluding hydrogens is 488 g/mol. The molecule has 2 saturated carbocycles. The summed E-state index contributed by atoms with van der Waals surface area (Å²) in [5, 5.41) is 10.2. The Bertz CT molecular complexity index is 1040. The van der Waals surface area contributed by atoms with Crippen molar-refractivity contribution in [2.45, 2.75) is 109 Å². The van der Waals surface area contributed by atoms with Crippen molar-refractivity contribution in [3.63, 3.8) is 0 Å². The highest BCUT2D eigenvalue weighted by atomic mass is 32.2. The first-order valence-electron chi connectivity index (χ1n) is 14.4. The minimum absolute atomic E-state index is 0.0423. The molecule has 7 heteroatoms. The molecule has 6 atom stereocenters. The van der Waals surface area contributed by atoms with Crippen molar-refractivity contribution in [3.8, 4) is 5.75 Å². The summed E-state index contributed by atoms with van der Waals surface area (Å²) in [6.07, 6.45) is 15.5. The van der Waals surface area contributed by atoms with Crippen LogP contribution >= 0.6 is 0 Å². The van der Waals surface area contributed by atoms with Crippen molar-refractivity contribution in [1.29, 1.82) is 0 Å². The van der Waals surface area contributed by atoms with Crippen LogP contribution in [0.5, 0.6) is 5.75 Å². The number of carbonyl (C=O) groups excluding carboxylic acids is 1. The molecule has 3 aliphatic rings. The molecule has 0 heterocycles. The van der Waals surface area contributed by atoms with Crippen LogP contribution in [0.25, 0.3) is 0 Å². The lowest BCUT2D eigenvalue weighted by atomic mass is 9.52. The summed E-state index contributed by atoms with van der Waals surface area (Å²) in [6, 6.07) is 6.02. The second-order valence-corrected chi connectivity index (χ2v) is 13.8. The van der Waals surface area contributed by atoms with Gasteiger partial charge in [0.05, 0.1) is 12.9 Å². The standard InChI is InChI=1S/C30H46O6S/c1-21(31)36-28-15-14-27-29-22(11-9-7-5-4-6-8-10-18-35-37(3,33)34)19-23-20-24(32)12-13-25(23)26(29)16-17-30(27,28)2/h12-13,20,22,26-29,32H,4-11,14-19H2,1-3H3/t22-,26?,27?,28+,29?,30+/m1/s1. The minimum Gasteiger partial charge on any atom is -0.508 e. The average Bonchev–Trinajstić information content (AvgIpc) is 3.14. The van der Waals surface area contributed by atoms with E-state index >= 15 is 0 Å². The van der Waals surface area contributed by atoms with E-state index in [0.717, 1.165) is 57.6 Å². The van der Waals surface area contributed by atoms with Gasteiger partial charge < -0.3 is 9.84 Å². The van der Waals surface area contributed by atoms with E-state index in [-0.39, 0.29) is 17.5 Å². The van der Waals surface area contributed by atoms with E-state index in [0.29, 0.717) is 36.0 Å². The zero-order chi connectivity index (χ0) is 26.6. The highest BCUT2D eigenvalue weighted by molar-refractivity contribution is 7.85. The van der Waals surface area contributed by atoms with Crippen molar-refractivity contribution < 1.29 is 27.2 Å². The maximum absolute atomic E-state index is 11.8. The van der Waals surface area contributed by atoms with Gasteiger partial charge in [-0.25, -0.2) is 0 Å². The molecular formula is C30H46O6S. The van der Waals surface area contributed by atoms with E-state index < -0.39 is 10.1 Å². The molecule has 37 heavy (non-hydrogen) atoms. The number of benzene rings is 1. The second kappa shape index (κ2) is 12.1. The number of aromatic hydroxyl groups is 1. The SMILES string of the molecule is CC(=O)O[C@H]1CCC2C3C(CC[C@@]21C)c1ccc(O)cc1C[C@H]3CCCCCCCCCOS(C)(=O)=O. The third-order valence-corrected chi connectivity index (χ3v) is 10.2. The number of phenolic OH excluding ortho intramolecular Hbond substituents is 1.